The molecule has 0 atom stereocenters. The van der Waals surface area contributed by atoms with E-state index in [1.807, 2.05) is 24.3 Å². The molecule has 0 radical (unpaired) electrons. The molecule has 0 fully saturated rings. The van der Waals surface area contributed by atoms with E-state index in [-0.39, 0.29) is 0 Å². The Kier molecular flexibility index (Phi) is 3.92. The highest BCUT2D eigenvalue weighted by Gasteiger charge is 2.03. The molecule has 0 aliphatic heterocycles. The molecule has 0 bridgehead atoms. The van der Waals surface area contributed by atoms with Crippen LogP contribution < -0.4 is 5.32 Å². The minimum Gasteiger partial charge on any atom is -0.478 e. The number of aliphatic carboxylic acids is 1. The molecule has 2 N–H and O–H groups in total. The number of nitrogens with one attached hydrogen (secondary N) is 1. The molecular weight excluding hydrogens is 190 g/mol. The van der Waals surface area contributed by atoms with E-state index in [0.29, 0.717) is 5.92 Å². The van der Waals surface area contributed by atoms with Gasteiger partial charge in [0, 0.05) is 18.0 Å². The topological polar surface area (TPSA) is 49.3 Å². The summed E-state index contributed by atoms with van der Waals surface area (Å²) in [6.07, 6.45) is 2.51. The highest BCUT2D eigenvalue weighted by atomic mass is 16.4. The van der Waals surface area contributed by atoms with Gasteiger partial charge < -0.3 is 10.4 Å². The van der Waals surface area contributed by atoms with Crippen molar-refractivity contribution in [2.45, 2.75) is 19.8 Å². The van der Waals surface area contributed by atoms with E-state index < -0.39 is 5.97 Å². The molecule has 0 saturated heterocycles. The molecule has 0 spiro atoms. The summed E-state index contributed by atoms with van der Waals surface area (Å²) in [5, 5.41) is 11.4. The van der Waals surface area contributed by atoms with Gasteiger partial charge in [0.1, 0.15) is 0 Å². The third-order valence-electron chi connectivity index (χ3n) is 2.05. The number of carbonyl (C=O) groups is 1. The Bertz CT molecular complexity index is 370. The number of anilines is 1. The van der Waals surface area contributed by atoms with Gasteiger partial charge >= 0.3 is 5.97 Å². The van der Waals surface area contributed by atoms with Crippen LogP contribution in [-0.2, 0) is 4.79 Å². The van der Waals surface area contributed by atoms with E-state index in [1.165, 1.54) is 11.8 Å². The predicted octanol–water partition coefficient (Wildman–Crippen LogP) is 2.82. The summed E-state index contributed by atoms with van der Waals surface area (Å²) < 4.78 is 0. The lowest BCUT2D eigenvalue weighted by atomic mass is 10.0. The molecule has 15 heavy (non-hydrogen) atoms. The normalized spacial score (nSPS) is 10.9. The van der Waals surface area contributed by atoms with Crippen LogP contribution in [0.2, 0.25) is 0 Å². The second kappa shape index (κ2) is 5.20. The molecule has 0 aliphatic rings. The summed E-state index contributed by atoms with van der Waals surface area (Å²) in [5.41, 5.74) is 2.12. The largest absolute Gasteiger partial charge is 0.478 e. The van der Waals surface area contributed by atoms with Gasteiger partial charge in [0.25, 0.3) is 0 Å². The van der Waals surface area contributed by atoms with Crippen LogP contribution >= 0.6 is 0 Å². The van der Waals surface area contributed by atoms with Crippen LogP contribution in [0, 0.1) is 0 Å². The second-order valence-electron chi connectivity index (χ2n) is 3.56. The van der Waals surface area contributed by atoms with Crippen molar-refractivity contribution in [3.05, 3.63) is 42.1 Å². The maximum atomic E-state index is 10.3. The van der Waals surface area contributed by atoms with Gasteiger partial charge in [-0.1, -0.05) is 32.0 Å². The lowest BCUT2D eigenvalue weighted by Crippen LogP contribution is -1.97. The standard InChI is InChI=1S/C12H15NO2/c1-9(2)10-5-3-4-6-11(10)13-8-7-12(14)15/h3-9,13H,1-2H3,(H,14,15)/b8-7+. The van der Waals surface area contributed by atoms with Crippen molar-refractivity contribution in [1.82, 2.24) is 0 Å². The van der Waals surface area contributed by atoms with Gasteiger partial charge in [-0.05, 0) is 17.5 Å². The Hall–Kier alpha value is -1.77. The van der Waals surface area contributed by atoms with Crippen LogP contribution in [0.25, 0.3) is 0 Å². The number of hydrogen-bond acceptors (Lipinski definition) is 2. The van der Waals surface area contributed by atoms with E-state index in [9.17, 15) is 4.79 Å². The number of carboxylic acids is 1. The zero-order valence-electron chi connectivity index (χ0n) is 8.90. The minimum atomic E-state index is -0.954. The highest BCUT2D eigenvalue weighted by molar-refractivity contribution is 5.80. The van der Waals surface area contributed by atoms with Crippen molar-refractivity contribution in [3.8, 4) is 0 Å². The van der Waals surface area contributed by atoms with Gasteiger partial charge in [0.05, 0.1) is 0 Å². The SMILES string of the molecule is CC(C)c1ccccc1N/C=C/C(=O)O. The molecule has 1 aromatic carbocycles. The monoisotopic (exact) mass is 205 g/mol. The van der Waals surface area contributed by atoms with Crippen molar-refractivity contribution >= 4 is 11.7 Å². The van der Waals surface area contributed by atoms with Crippen LogP contribution in [0.5, 0.6) is 0 Å². The van der Waals surface area contributed by atoms with Gasteiger partial charge in [-0.15, -0.1) is 0 Å². The van der Waals surface area contributed by atoms with Crippen molar-refractivity contribution < 1.29 is 9.90 Å². The van der Waals surface area contributed by atoms with Gasteiger partial charge in [-0.2, -0.15) is 0 Å². The quantitative estimate of drug-likeness (QED) is 0.743. The summed E-state index contributed by atoms with van der Waals surface area (Å²) in [6.45, 7) is 4.20. The fraction of sp³-hybridized carbons (Fsp3) is 0.250. The fourth-order valence-electron chi connectivity index (χ4n) is 1.33. The summed E-state index contributed by atoms with van der Waals surface area (Å²) in [4.78, 5) is 10.3. The zero-order valence-corrected chi connectivity index (χ0v) is 8.90. The lowest BCUT2D eigenvalue weighted by molar-refractivity contribution is -0.131. The molecule has 3 nitrogen and oxygen atoms in total. The average molecular weight is 205 g/mol. The van der Waals surface area contributed by atoms with Crippen molar-refractivity contribution in [2.75, 3.05) is 5.32 Å². The molecule has 0 aliphatic carbocycles. The van der Waals surface area contributed by atoms with Crippen LogP contribution in [0.4, 0.5) is 5.69 Å². The zero-order chi connectivity index (χ0) is 11.3. The Morgan fingerprint density at radius 2 is 2.07 bits per heavy atom. The number of para-hydroxylation sites is 1. The Morgan fingerprint density at radius 3 is 2.67 bits per heavy atom. The number of rotatable bonds is 4. The third kappa shape index (κ3) is 3.46. The molecule has 0 saturated carbocycles. The Labute approximate surface area is 89.4 Å². The van der Waals surface area contributed by atoms with Gasteiger partial charge in [-0.3, -0.25) is 0 Å². The van der Waals surface area contributed by atoms with Crippen molar-refractivity contribution in [3.63, 3.8) is 0 Å². The van der Waals surface area contributed by atoms with E-state index in [0.717, 1.165) is 11.8 Å². The first-order chi connectivity index (χ1) is 7.11. The molecule has 80 valence electrons. The molecule has 0 aromatic heterocycles. The predicted molar refractivity (Wildman–Crippen MR) is 60.9 cm³/mol. The first-order valence-corrected chi connectivity index (χ1v) is 4.86. The summed E-state index contributed by atoms with van der Waals surface area (Å²) >= 11 is 0. The van der Waals surface area contributed by atoms with E-state index in [2.05, 4.69) is 19.2 Å². The summed E-state index contributed by atoms with van der Waals surface area (Å²) in [5.74, 6) is -0.545. The van der Waals surface area contributed by atoms with Crippen LogP contribution in [0.1, 0.15) is 25.3 Å². The van der Waals surface area contributed by atoms with Crippen LogP contribution in [-0.4, -0.2) is 11.1 Å². The molecule has 3 heteroatoms. The number of hydrogen-bond donors (Lipinski definition) is 2. The number of carboxylic acid groups (broad SMARTS) is 1. The highest BCUT2D eigenvalue weighted by Crippen LogP contribution is 2.23. The number of benzene rings is 1. The van der Waals surface area contributed by atoms with Crippen LogP contribution in [0.15, 0.2) is 36.5 Å². The maximum Gasteiger partial charge on any atom is 0.329 e. The molecule has 0 unspecified atom stereocenters. The van der Waals surface area contributed by atoms with Crippen LogP contribution in [0.3, 0.4) is 0 Å². The second-order valence-corrected chi connectivity index (χ2v) is 3.56. The van der Waals surface area contributed by atoms with Gasteiger partial charge in [0.2, 0.25) is 0 Å². The first kappa shape index (κ1) is 11.3. The Balaban J connectivity index is 2.80. The molecule has 0 heterocycles. The molecular formula is C12H15NO2. The van der Waals surface area contributed by atoms with Crippen molar-refractivity contribution in [1.29, 1.82) is 0 Å². The Morgan fingerprint density at radius 1 is 1.40 bits per heavy atom. The summed E-state index contributed by atoms with van der Waals surface area (Å²) in [6, 6.07) is 7.85. The van der Waals surface area contributed by atoms with E-state index in [1.54, 1.807) is 0 Å². The maximum absolute atomic E-state index is 10.3. The van der Waals surface area contributed by atoms with Gasteiger partial charge in [0.15, 0.2) is 0 Å². The smallest absolute Gasteiger partial charge is 0.329 e. The average Bonchev–Trinajstić information content (AvgIpc) is 2.17. The van der Waals surface area contributed by atoms with E-state index in [4.69, 9.17) is 5.11 Å². The molecule has 1 aromatic rings. The van der Waals surface area contributed by atoms with E-state index >= 15 is 0 Å². The first-order valence-electron chi connectivity index (χ1n) is 4.86. The fourth-order valence-corrected chi connectivity index (χ4v) is 1.33. The summed E-state index contributed by atoms with van der Waals surface area (Å²) in [7, 11) is 0. The third-order valence-corrected chi connectivity index (χ3v) is 2.05. The lowest BCUT2D eigenvalue weighted by Gasteiger charge is -2.11. The molecule has 0 amide bonds. The molecule has 1 rings (SSSR count). The van der Waals surface area contributed by atoms with Crippen molar-refractivity contribution in [2.24, 2.45) is 0 Å². The van der Waals surface area contributed by atoms with Gasteiger partial charge in [-0.25, -0.2) is 4.79 Å². The minimum absolute atomic E-state index is 0.409.